The summed E-state index contributed by atoms with van der Waals surface area (Å²) in [5, 5.41) is 6.02. The molecule has 2 heterocycles. The molecule has 0 saturated carbocycles. The van der Waals surface area contributed by atoms with Crippen molar-refractivity contribution in [1.82, 2.24) is 9.88 Å². The minimum Gasteiger partial charge on any atom is -0.379 e. The number of carbonyl (C=O) groups is 1. The third-order valence-corrected chi connectivity index (χ3v) is 4.59. The smallest absolute Gasteiger partial charge is 0.250 e. The molecule has 1 aromatic heterocycles. The second-order valence-corrected chi connectivity index (χ2v) is 6.70. The number of carbonyl (C=O) groups excluding carboxylic acids is 1. The van der Waals surface area contributed by atoms with Gasteiger partial charge in [0.25, 0.3) is 0 Å². The third kappa shape index (κ3) is 5.14. The molecule has 1 fully saturated rings. The number of aromatic nitrogens is 1. The van der Waals surface area contributed by atoms with Crippen LogP contribution < -0.4 is 5.32 Å². The number of ether oxygens (including phenoxy) is 1. The summed E-state index contributed by atoms with van der Waals surface area (Å²) in [6, 6.07) is 7.33. The van der Waals surface area contributed by atoms with Gasteiger partial charge in [-0.3, -0.25) is 15.0 Å². The number of halogens is 1. The van der Waals surface area contributed by atoms with Crippen molar-refractivity contribution in [2.24, 2.45) is 0 Å². The average Bonchev–Trinajstić information content (AvgIpc) is 3.01. The number of amides is 1. The van der Waals surface area contributed by atoms with E-state index in [1.54, 1.807) is 18.2 Å². The summed E-state index contributed by atoms with van der Waals surface area (Å²) in [7, 11) is 0. The molecule has 0 atom stereocenters. The number of benzene rings is 1. The van der Waals surface area contributed by atoms with Crippen LogP contribution in [0.1, 0.15) is 11.3 Å². The summed E-state index contributed by atoms with van der Waals surface area (Å²) in [5.74, 6) is -0.206. The van der Waals surface area contributed by atoms with E-state index in [1.807, 2.05) is 17.5 Å². The van der Waals surface area contributed by atoms with E-state index in [2.05, 4.69) is 15.2 Å². The zero-order valence-corrected chi connectivity index (χ0v) is 14.6. The van der Waals surface area contributed by atoms with Crippen molar-refractivity contribution >= 4 is 40.1 Å². The third-order valence-electron chi connectivity index (χ3n) is 3.55. The van der Waals surface area contributed by atoms with E-state index in [-0.39, 0.29) is 5.91 Å². The first-order valence-electron chi connectivity index (χ1n) is 7.68. The van der Waals surface area contributed by atoms with E-state index < -0.39 is 0 Å². The van der Waals surface area contributed by atoms with Gasteiger partial charge >= 0.3 is 0 Å². The van der Waals surface area contributed by atoms with Crippen LogP contribution in [0.4, 0.5) is 5.13 Å². The molecule has 1 aliphatic heterocycles. The van der Waals surface area contributed by atoms with E-state index in [0.717, 1.165) is 44.1 Å². The lowest BCUT2D eigenvalue weighted by atomic mass is 10.2. The molecule has 1 amide bonds. The molecule has 0 bridgehead atoms. The number of morpholine rings is 1. The molecule has 1 saturated heterocycles. The normalized spacial score (nSPS) is 15.7. The first kappa shape index (κ1) is 17.1. The highest BCUT2D eigenvalue weighted by atomic mass is 35.5. The van der Waals surface area contributed by atoms with Crippen molar-refractivity contribution < 1.29 is 9.53 Å². The van der Waals surface area contributed by atoms with Crippen LogP contribution >= 0.6 is 22.9 Å². The SMILES string of the molecule is O=C(/C=C/c1cccc(Cl)c1)Nc1nc(CN2CCOCC2)cs1. The van der Waals surface area contributed by atoms with Crippen LogP contribution in [0.15, 0.2) is 35.7 Å². The fraction of sp³-hybridized carbons (Fsp3) is 0.294. The fourth-order valence-electron chi connectivity index (χ4n) is 2.35. The Hall–Kier alpha value is -1.73. The number of nitrogens with zero attached hydrogens (tertiary/aromatic N) is 2. The van der Waals surface area contributed by atoms with Crippen LogP contribution in [0, 0.1) is 0 Å². The second kappa shape index (κ2) is 8.39. The van der Waals surface area contributed by atoms with Gasteiger partial charge in [0.2, 0.25) is 5.91 Å². The number of rotatable bonds is 5. The number of hydrogen-bond donors (Lipinski definition) is 1. The van der Waals surface area contributed by atoms with E-state index in [1.165, 1.54) is 17.4 Å². The Kier molecular flexibility index (Phi) is 5.98. The first-order chi connectivity index (χ1) is 11.7. The molecule has 24 heavy (non-hydrogen) atoms. The number of nitrogens with one attached hydrogen (secondary N) is 1. The number of hydrogen-bond acceptors (Lipinski definition) is 5. The number of anilines is 1. The highest BCUT2D eigenvalue weighted by molar-refractivity contribution is 7.13. The predicted molar refractivity (Wildman–Crippen MR) is 97.3 cm³/mol. The predicted octanol–water partition coefficient (Wildman–Crippen LogP) is 3.28. The van der Waals surface area contributed by atoms with Gasteiger partial charge in [-0.05, 0) is 23.8 Å². The highest BCUT2D eigenvalue weighted by Gasteiger charge is 2.13. The van der Waals surface area contributed by atoms with Gasteiger partial charge in [0.1, 0.15) is 0 Å². The van der Waals surface area contributed by atoms with E-state index in [0.29, 0.717) is 10.2 Å². The van der Waals surface area contributed by atoms with E-state index in [4.69, 9.17) is 16.3 Å². The highest BCUT2D eigenvalue weighted by Crippen LogP contribution is 2.17. The average molecular weight is 364 g/mol. The lowest BCUT2D eigenvalue weighted by Gasteiger charge is -2.25. The summed E-state index contributed by atoms with van der Waals surface area (Å²) in [5.41, 5.74) is 1.85. The fourth-order valence-corrected chi connectivity index (χ4v) is 3.26. The van der Waals surface area contributed by atoms with Crippen molar-refractivity contribution in [3.05, 3.63) is 52.0 Å². The lowest BCUT2D eigenvalue weighted by molar-refractivity contribution is -0.111. The monoisotopic (exact) mass is 363 g/mol. The summed E-state index contributed by atoms with van der Waals surface area (Å²) in [6.45, 7) is 4.15. The molecule has 0 spiro atoms. The van der Waals surface area contributed by atoms with E-state index >= 15 is 0 Å². The lowest BCUT2D eigenvalue weighted by Crippen LogP contribution is -2.35. The van der Waals surface area contributed by atoms with Crippen LogP contribution in [-0.4, -0.2) is 42.1 Å². The van der Waals surface area contributed by atoms with E-state index in [9.17, 15) is 4.79 Å². The first-order valence-corrected chi connectivity index (χ1v) is 8.94. The number of thiazole rings is 1. The van der Waals surface area contributed by atoms with Crippen molar-refractivity contribution in [2.75, 3.05) is 31.6 Å². The molecule has 126 valence electrons. The quantitative estimate of drug-likeness (QED) is 0.828. The molecule has 3 rings (SSSR count). The Labute approximate surface area is 149 Å². The zero-order chi connectivity index (χ0) is 16.8. The molecule has 0 radical (unpaired) electrons. The summed E-state index contributed by atoms with van der Waals surface area (Å²) in [4.78, 5) is 18.7. The van der Waals surface area contributed by atoms with Crippen molar-refractivity contribution in [1.29, 1.82) is 0 Å². The van der Waals surface area contributed by atoms with Crippen LogP contribution in [-0.2, 0) is 16.1 Å². The molecular weight excluding hydrogens is 346 g/mol. The minimum atomic E-state index is -0.206. The molecule has 5 nitrogen and oxygen atoms in total. The van der Waals surface area contributed by atoms with Crippen molar-refractivity contribution in [2.45, 2.75) is 6.54 Å². The second-order valence-electron chi connectivity index (χ2n) is 5.41. The van der Waals surface area contributed by atoms with Crippen molar-refractivity contribution in [3.63, 3.8) is 0 Å². The van der Waals surface area contributed by atoms with Gasteiger partial charge in [-0.2, -0.15) is 0 Å². The summed E-state index contributed by atoms with van der Waals surface area (Å²) >= 11 is 7.35. The Morgan fingerprint density at radius 3 is 3.04 bits per heavy atom. The summed E-state index contributed by atoms with van der Waals surface area (Å²) in [6.07, 6.45) is 3.21. The molecule has 2 aromatic rings. The van der Waals surface area contributed by atoms with Crippen molar-refractivity contribution in [3.8, 4) is 0 Å². The maximum Gasteiger partial charge on any atom is 0.250 e. The maximum atomic E-state index is 12.0. The Balaban J connectivity index is 1.53. The van der Waals surface area contributed by atoms with Gasteiger partial charge in [-0.15, -0.1) is 11.3 Å². The molecule has 0 aliphatic carbocycles. The standard InChI is InChI=1S/C17H18ClN3O2S/c18-14-3-1-2-13(10-14)4-5-16(22)20-17-19-15(12-24-17)11-21-6-8-23-9-7-21/h1-5,10,12H,6-9,11H2,(H,19,20,22)/b5-4+. The molecular formula is C17H18ClN3O2S. The topological polar surface area (TPSA) is 54.5 Å². The van der Waals surface area contributed by atoms with Gasteiger partial charge in [0.05, 0.1) is 18.9 Å². The van der Waals surface area contributed by atoms with Crippen LogP contribution in [0.3, 0.4) is 0 Å². The Morgan fingerprint density at radius 2 is 2.25 bits per heavy atom. The van der Waals surface area contributed by atoms with Gasteiger partial charge in [0, 0.05) is 36.1 Å². The van der Waals surface area contributed by atoms with Gasteiger partial charge < -0.3 is 4.74 Å². The van der Waals surface area contributed by atoms with Crippen LogP contribution in [0.5, 0.6) is 0 Å². The molecule has 7 heteroatoms. The minimum absolute atomic E-state index is 0.206. The molecule has 1 aliphatic rings. The Bertz CT molecular complexity index is 726. The Morgan fingerprint density at radius 1 is 1.42 bits per heavy atom. The van der Waals surface area contributed by atoms with Crippen LogP contribution in [0.25, 0.3) is 6.08 Å². The zero-order valence-electron chi connectivity index (χ0n) is 13.1. The van der Waals surface area contributed by atoms with Gasteiger partial charge in [-0.1, -0.05) is 23.7 Å². The molecule has 0 unspecified atom stereocenters. The van der Waals surface area contributed by atoms with Crippen LogP contribution in [0.2, 0.25) is 5.02 Å². The van der Waals surface area contributed by atoms with Gasteiger partial charge in [-0.25, -0.2) is 4.98 Å². The largest absolute Gasteiger partial charge is 0.379 e. The van der Waals surface area contributed by atoms with Gasteiger partial charge in [0.15, 0.2) is 5.13 Å². The molecule has 1 N–H and O–H groups in total. The molecule has 1 aromatic carbocycles. The summed E-state index contributed by atoms with van der Waals surface area (Å²) < 4.78 is 5.33. The maximum absolute atomic E-state index is 12.0.